The van der Waals surface area contributed by atoms with Crippen LogP contribution in [0.2, 0.25) is 0 Å². The lowest BCUT2D eigenvalue weighted by Gasteiger charge is -2.23. The van der Waals surface area contributed by atoms with Gasteiger partial charge in [0.2, 0.25) is 0 Å². The molecule has 3 nitrogen and oxygen atoms in total. The monoisotopic (exact) mass is 236 g/mol. The number of nitrogens with two attached hydrogens (primary N) is 1. The van der Waals surface area contributed by atoms with Crippen LogP contribution in [0.4, 0.5) is 11.4 Å². The van der Waals surface area contributed by atoms with Gasteiger partial charge in [0.1, 0.15) is 0 Å². The molecule has 0 saturated carbocycles. The van der Waals surface area contributed by atoms with Crippen LogP contribution >= 0.6 is 0 Å². The first-order valence-electron chi connectivity index (χ1n) is 6.41. The molecule has 0 bridgehead atoms. The topological polar surface area (TPSA) is 49.5 Å². The predicted octanol–water partition coefficient (Wildman–Crippen LogP) is 2.57. The highest BCUT2D eigenvalue weighted by atomic mass is 16.2. The normalized spacial score (nSPS) is 10.5. The molecule has 0 aliphatic rings. The van der Waals surface area contributed by atoms with Crippen molar-refractivity contribution in [1.82, 2.24) is 0 Å². The standard InChI is InChI=1S/C14H24N2O/c1-3-16(9-5-4-6-10-17)13-7-8-14(15)12(2)11-13/h7-8,11,17H,3-6,9-10,15H2,1-2H3. The van der Waals surface area contributed by atoms with E-state index in [2.05, 4.69) is 24.0 Å². The van der Waals surface area contributed by atoms with Crippen molar-refractivity contribution < 1.29 is 5.11 Å². The van der Waals surface area contributed by atoms with Crippen molar-refractivity contribution >= 4 is 11.4 Å². The molecule has 0 aliphatic carbocycles. The Balaban J connectivity index is 2.56. The van der Waals surface area contributed by atoms with Gasteiger partial charge < -0.3 is 15.7 Å². The minimum absolute atomic E-state index is 0.299. The van der Waals surface area contributed by atoms with E-state index in [1.54, 1.807) is 0 Å². The summed E-state index contributed by atoms with van der Waals surface area (Å²) in [5.41, 5.74) is 9.05. The molecule has 0 amide bonds. The second-order valence-electron chi connectivity index (χ2n) is 4.40. The van der Waals surface area contributed by atoms with E-state index in [-0.39, 0.29) is 0 Å². The first kappa shape index (κ1) is 13.8. The third kappa shape index (κ3) is 4.27. The lowest BCUT2D eigenvalue weighted by atomic mass is 10.1. The van der Waals surface area contributed by atoms with Crippen molar-refractivity contribution in [3.63, 3.8) is 0 Å². The lowest BCUT2D eigenvalue weighted by Crippen LogP contribution is -2.24. The van der Waals surface area contributed by atoms with E-state index in [0.29, 0.717) is 6.61 Å². The van der Waals surface area contributed by atoms with Gasteiger partial charge in [-0.2, -0.15) is 0 Å². The van der Waals surface area contributed by atoms with Crippen molar-refractivity contribution in [2.45, 2.75) is 33.1 Å². The molecule has 0 radical (unpaired) electrons. The Morgan fingerprint density at radius 3 is 2.59 bits per heavy atom. The second kappa shape index (κ2) is 7.17. The number of nitrogens with zero attached hydrogens (tertiary/aromatic N) is 1. The van der Waals surface area contributed by atoms with E-state index >= 15 is 0 Å². The third-order valence-electron chi connectivity index (χ3n) is 3.09. The molecule has 0 heterocycles. The smallest absolute Gasteiger partial charge is 0.0431 e. The summed E-state index contributed by atoms with van der Waals surface area (Å²) in [5.74, 6) is 0. The molecule has 3 N–H and O–H groups in total. The lowest BCUT2D eigenvalue weighted by molar-refractivity contribution is 0.283. The van der Waals surface area contributed by atoms with Crippen LogP contribution in [0, 0.1) is 6.92 Å². The van der Waals surface area contributed by atoms with Crippen LogP contribution in [0.5, 0.6) is 0 Å². The first-order chi connectivity index (χ1) is 8.19. The zero-order valence-electron chi connectivity index (χ0n) is 10.9. The summed E-state index contributed by atoms with van der Waals surface area (Å²) in [6, 6.07) is 6.20. The van der Waals surface area contributed by atoms with E-state index in [4.69, 9.17) is 10.8 Å². The average molecular weight is 236 g/mol. The van der Waals surface area contributed by atoms with Crippen LogP contribution in [0.25, 0.3) is 0 Å². The molecule has 96 valence electrons. The zero-order chi connectivity index (χ0) is 12.7. The fraction of sp³-hybridized carbons (Fsp3) is 0.571. The maximum Gasteiger partial charge on any atom is 0.0431 e. The summed E-state index contributed by atoms with van der Waals surface area (Å²) in [6.45, 7) is 6.55. The zero-order valence-corrected chi connectivity index (χ0v) is 10.9. The Labute approximate surface area is 104 Å². The summed E-state index contributed by atoms with van der Waals surface area (Å²) in [7, 11) is 0. The molecule has 0 unspecified atom stereocenters. The number of nitrogen functional groups attached to an aromatic ring is 1. The van der Waals surface area contributed by atoms with E-state index < -0.39 is 0 Å². The highest BCUT2D eigenvalue weighted by Crippen LogP contribution is 2.20. The van der Waals surface area contributed by atoms with Crippen molar-refractivity contribution in [2.75, 3.05) is 30.3 Å². The molecule has 17 heavy (non-hydrogen) atoms. The van der Waals surface area contributed by atoms with Gasteiger partial charge in [-0.3, -0.25) is 0 Å². The molecule has 0 aromatic heterocycles. The number of hydrogen-bond donors (Lipinski definition) is 2. The summed E-state index contributed by atoms with van der Waals surface area (Å²) < 4.78 is 0. The van der Waals surface area contributed by atoms with Crippen molar-refractivity contribution in [3.8, 4) is 0 Å². The second-order valence-corrected chi connectivity index (χ2v) is 4.40. The maximum absolute atomic E-state index is 8.75. The Bertz CT molecular complexity index is 339. The molecule has 0 atom stereocenters. The number of hydrogen-bond acceptors (Lipinski definition) is 3. The summed E-state index contributed by atoms with van der Waals surface area (Å²) >= 11 is 0. The Morgan fingerprint density at radius 2 is 2.00 bits per heavy atom. The van der Waals surface area contributed by atoms with Crippen molar-refractivity contribution in [3.05, 3.63) is 23.8 Å². The molecule has 0 aliphatic heterocycles. The predicted molar refractivity (Wildman–Crippen MR) is 74.4 cm³/mol. The van der Waals surface area contributed by atoms with Gasteiger partial charge in [0, 0.05) is 31.1 Å². The number of aryl methyl sites for hydroxylation is 1. The van der Waals surface area contributed by atoms with Crippen LogP contribution in [-0.4, -0.2) is 24.8 Å². The van der Waals surface area contributed by atoms with E-state index in [9.17, 15) is 0 Å². The highest BCUT2D eigenvalue weighted by Gasteiger charge is 2.05. The minimum Gasteiger partial charge on any atom is -0.399 e. The summed E-state index contributed by atoms with van der Waals surface area (Å²) in [5, 5.41) is 8.75. The van der Waals surface area contributed by atoms with Gasteiger partial charge in [0.25, 0.3) is 0 Å². The number of unbranched alkanes of at least 4 members (excludes halogenated alkanes) is 2. The molecule has 0 saturated heterocycles. The van der Waals surface area contributed by atoms with Crippen LogP contribution in [0.15, 0.2) is 18.2 Å². The fourth-order valence-corrected chi connectivity index (χ4v) is 1.92. The van der Waals surface area contributed by atoms with E-state index in [0.717, 1.165) is 43.6 Å². The largest absolute Gasteiger partial charge is 0.399 e. The first-order valence-corrected chi connectivity index (χ1v) is 6.41. The Morgan fingerprint density at radius 1 is 1.24 bits per heavy atom. The number of benzene rings is 1. The number of aliphatic hydroxyl groups excluding tert-OH is 1. The van der Waals surface area contributed by atoms with Gasteiger partial charge in [-0.05, 0) is 56.9 Å². The molecule has 0 spiro atoms. The fourth-order valence-electron chi connectivity index (χ4n) is 1.92. The molecule has 0 fully saturated rings. The molecule has 1 rings (SSSR count). The Kier molecular flexibility index (Phi) is 5.84. The van der Waals surface area contributed by atoms with Gasteiger partial charge >= 0.3 is 0 Å². The van der Waals surface area contributed by atoms with Gasteiger partial charge in [0.15, 0.2) is 0 Å². The van der Waals surface area contributed by atoms with E-state index in [1.165, 1.54) is 5.69 Å². The van der Waals surface area contributed by atoms with Gasteiger partial charge in [-0.1, -0.05) is 0 Å². The van der Waals surface area contributed by atoms with Gasteiger partial charge in [-0.25, -0.2) is 0 Å². The van der Waals surface area contributed by atoms with Gasteiger partial charge in [-0.15, -0.1) is 0 Å². The number of aliphatic hydroxyl groups is 1. The molecule has 1 aromatic carbocycles. The quantitative estimate of drug-likeness (QED) is 0.565. The molecule has 3 heteroatoms. The number of anilines is 2. The SMILES string of the molecule is CCN(CCCCCO)c1ccc(N)c(C)c1. The third-order valence-corrected chi connectivity index (χ3v) is 3.09. The molecular formula is C14H24N2O. The van der Waals surface area contributed by atoms with Crippen LogP contribution in [0.3, 0.4) is 0 Å². The summed E-state index contributed by atoms with van der Waals surface area (Å²) in [6.07, 6.45) is 3.11. The number of rotatable bonds is 7. The van der Waals surface area contributed by atoms with Crippen molar-refractivity contribution in [1.29, 1.82) is 0 Å². The Hall–Kier alpha value is -1.22. The minimum atomic E-state index is 0.299. The van der Waals surface area contributed by atoms with E-state index in [1.807, 2.05) is 13.0 Å². The maximum atomic E-state index is 8.75. The molecular weight excluding hydrogens is 212 g/mol. The van der Waals surface area contributed by atoms with Crippen LogP contribution in [-0.2, 0) is 0 Å². The van der Waals surface area contributed by atoms with Crippen molar-refractivity contribution in [2.24, 2.45) is 0 Å². The molecule has 1 aromatic rings. The van der Waals surface area contributed by atoms with Crippen LogP contribution in [0.1, 0.15) is 31.7 Å². The van der Waals surface area contributed by atoms with Crippen LogP contribution < -0.4 is 10.6 Å². The highest BCUT2D eigenvalue weighted by molar-refractivity contribution is 5.57. The summed E-state index contributed by atoms with van der Waals surface area (Å²) in [4.78, 5) is 2.35. The average Bonchev–Trinajstić information content (AvgIpc) is 2.33. The van der Waals surface area contributed by atoms with Gasteiger partial charge in [0.05, 0.1) is 0 Å².